The fourth-order valence-electron chi connectivity index (χ4n) is 2.84. The predicted molar refractivity (Wildman–Crippen MR) is 116 cm³/mol. The van der Waals surface area contributed by atoms with Gasteiger partial charge in [0.1, 0.15) is 18.1 Å². The molecular formula is C24H23NO7. The maximum absolute atomic E-state index is 12.7. The van der Waals surface area contributed by atoms with Gasteiger partial charge in [-0.3, -0.25) is 0 Å². The van der Waals surface area contributed by atoms with Crippen LogP contribution in [-0.2, 0) is 16.1 Å². The van der Waals surface area contributed by atoms with Crippen LogP contribution in [0.3, 0.4) is 0 Å². The second kappa shape index (κ2) is 10.3. The smallest absolute Gasteiger partial charge is 0.343 e. The summed E-state index contributed by atoms with van der Waals surface area (Å²) < 4.78 is 26.3. The second-order valence-corrected chi connectivity index (χ2v) is 6.78. The van der Waals surface area contributed by atoms with E-state index >= 15 is 0 Å². The minimum atomic E-state index is -0.566. The largest absolute Gasteiger partial charge is 0.493 e. The van der Waals surface area contributed by atoms with E-state index in [9.17, 15) is 9.59 Å². The van der Waals surface area contributed by atoms with Crippen molar-refractivity contribution in [3.05, 3.63) is 76.7 Å². The van der Waals surface area contributed by atoms with Gasteiger partial charge in [0, 0.05) is 6.08 Å². The molecule has 3 aromatic rings. The van der Waals surface area contributed by atoms with Crippen molar-refractivity contribution in [2.45, 2.75) is 20.5 Å². The number of carbonyl (C=O) groups is 2. The number of hydrogen-bond donors (Lipinski definition) is 0. The van der Waals surface area contributed by atoms with Gasteiger partial charge in [-0.05, 0) is 55.8 Å². The number of methoxy groups -OCH3 is 2. The summed E-state index contributed by atoms with van der Waals surface area (Å²) >= 11 is 0. The van der Waals surface area contributed by atoms with E-state index in [1.807, 2.05) is 13.8 Å². The Hall–Kier alpha value is -4.07. The van der Waals surface area contributed by atoms with Crippen LogP contribution in [-0.4, -0.2) is 31.3 Å². The molecule has 8 nitrogen and oxygen atoms in total. The highest BCUT2D eigenvalue weighted by Crippen LogP contribution is 2.30. The van der Waals surface area contributed by atoms with Gasteiger partial charge in [-0.15, -0.1) is 0 Å². The van der Waals surface area contributed by atoms with Crippen LogP contribution in [0.2, 0.25) is 0 Å². The summed E-state index contributed by atoms with van der Waals surface area (Å²) in [5.41, 5.74) is 2.62. The van der Waals surface area contributed by atoms with Crippen LogP contribution >= 0.6 is 0 Å². The van der Waals surface area contributed by atoms with E-state index in [4.69, 9.17) is 18.7 Å². The molecule has 0 spiro atoms. The number of aromatic nitrogens is 1. The van der Waals surface area contributed by atoms with Gasteiger partial charge in [0.2, 0.25) is 0 Å². The molecule has 3 rings (SSSR count). The third-order valence-corrected chi connectivity index (χ3v) is 4.64. The van der Waals surface area contributed by atoms with Gasteiger partial charge < -0.3 is 23.5 Å². The summed E-state index contributed by atoms with van der Waals surface area (Å²) in [7, 11) is 2.76. The Balaban J connectivity index is 1.71. The first-order chi connectivity index (χ1) is 15.4. The van der Waals surface area contributed by atoms with E-state index in [0.29, 0.717) is 28.4 Å². The van der Waals surface area contributed by atoms with Crippen LogP contribution in [0.1, 0.15) is 32.9 Å². The van der Waals surface area contributed by atoms with Crippen LogP contribution in [0.15, 0.2) is 53.1 Å². The van der Waals surface area contributed by atoms with Crippen molar-refractivity contribution < 1.29 is 33.1 Å². The number of hydrogen-bond acceptors (Lipinski definition) is 8. The molecule has 0 fully saturated rings. The molecule has 0 saturated carbocycles. The first-order valence-corrected chi connectivity index (χ1v) is 9.72. The second-order valence-electron chi connectivity index (χ2n) is 6.78. The van der Waals surface area contributed by atoms with Crippen molar-refractivity contribution >= 4 is 18.0 Å². The minimum Gasteiger partial charge on any atom is -0.493 e. The topological polar surface area (TPSA) is 97.1 Å². The molecule has 2 aromatic carbocycles. The Morgan fingerprint density at radius 3 is 2.56 bits per heavy atom. The Morgan fingerprint density at radius 2 is 1.88 bits per heavy atom. The summed E-state index contributed by atoms with van der Waals surface area (Å²) in [5, 5.41) is 3.90. The van der Waals surface area contributed by atoms with Gasteiger partial charge in [0.05, 0.1) is 31.0 Å². The molecular weight excluding hydrogens is 414 g/mol. The average molecular weight is 437 g/mol. The highest BCUT2D eigenvalue weighted by atomic mass is 16.6. The van der Waals surface area contributed by atoms with Crippen LogP contribution in [0.4, 0.5) is 0 Å². The number of ether oxygens (including phenoxy) is 4. The SMILES string of the molecule is COC(=O)/C=C/c1ccc(OC(=O)c2cccc(OCc3c(C)noc3C)c2)c(OC)c1. The summed E-state index contributed by atoms with van der Waals surface area (Å²) in [6, 6.07) is 11.6. The molecule has 0 atom stereocenters. The summed E-state index contributed by atoms with van der Waals surface area (Å²) in [4.78, 5) is 23.9. The molecule has 0 aliphatic carbocycles. The molecule has 0 radical (unpaired) electrons. The third-order valence-electron chi connectivity index (χ3n) is 4.64. The third kappa shape index (κ3) is 5.54. The maximum Gasteiger partial charge on any atom is 0.343 e. The summed E-state index contributed by atoms with van der Waals surface area (Å²) in [6.45, 7) is 3.93. The fraction of sp³-hybridized carbons (Fsp3) is 0.208. The van der Waals surface area contributed by atoms with E-state index < -0.39 is 11.9 Å². The quantitative estimate of drug-likeness (QED) is 0.293. The molecule has 8 heteroatoms. The first-order valence-electron chi connectivity index (χ1n) is 9.72. The van der Waals surface area contributed by atoms with Crippen LogP contribution in [0, 0.1) is 13.8 Å². The molecule has 0 amide bonds. The standard InChI is InChI=1S/C24H23NO7/c1-15-20(16(2)32-25-15)14-30-19-7-5-6-18(13-19)24(27)31-21-10-8-17(12-22(21)28-3)9-11-23(26)29-4/h5-13H,14H2,1-4H3/b11-9+. The van der Waals surface area contributed by atoms with E-state index in [1.54, 1.807) is 48.5 Å². The van der Waals surface area contributed by atoms with Crippen LogP contribution in [0.25, 0.3) is 6.08 Å². The van der Waals surface area contributed by atoms with Gasteiger partial charge in [-0.2, -0.15) is 0 Å². The fourth-order valence-corrected chi connectivity index (χ4v) is 2.84. The number of aryl methyl sites for hydroxylation is 2. The van der Waals surface area contributed by atoms with E-state index in [0.717, 1.165) is 11.3 Å². The highest BCUT2D eigenvalue weighted by Gasteiger charge is 2.15. The number of carbonyl (C=O) groups excluding carboxylic acids is 2. The van der Waals surface area contributed by atoms with Gasteiger partial charge in [-0.25, -0.2) is 9.59 Å². The molecule has 1 heterocycles. The van der Waals surface area contributed by atoms with Crippen LogP contribution < -0.4 is 14.2 Å². The van der Waals surface area contributed by atoms with E-state index in [2.05, 4.69) is 9.89 Å². The lowest BCUT2D eigenvalue weighted by Gasteiger charge is -2.11. The Morgan fingerprint density at radius 1 is 1.06 bits per heavy atom. The lowest BCUT2D eigenvalue weighted by Crippen LogP contribution is -2.09. The molecule has 0 unspecified atom stereocenters. The van der Waals surface area contributed by atoms with Crippen molar-refractivity contribution in [2.75, 3.05) is 14.2 Å². The zero-order valence-corrected chi connectivity index (χ0v) is 18.2. The zero-order chi connectivity index (χ0) is 23.1. The number of benzene rings is 2. The predicted octanol–water partition coefficient (Wildman–Crippen LogP) is 4.28. The molecule has 1 aromatic heterocycles. The van der Waals surface area contributed by atoms with Gasteiger partial charge >= 0.3 is 11.9 Å². The maximum atomic E-state index is 12.7. The van der Waals surface area contributed by atoms with Crippen LogP contribution in [0.5, 0.6) is 17.2 Å². The molecule has 0 aliphatic rings. The Kier molecular flexibility index (Phi) is 7.28. The molecule has 32 heavy (non-hydrogen) atoms. The lowest BCUT2D eigenvalue weighted by molar-refractivity contribution is -0.134. The highest BCUT2D eigenvalue weighted by molar-refractivity contribution is 5.92. The van der Waals surface area contributed by atoms with E-state index in [1.165, 1.54) is 20.3 Å². The van der Waals surface area contributed by atoms with Crippen molar-refractivity contribution in [2.24, 2.45) is 0 Å². The Bertz CT molecular complexity index is 1130. The molecule has 0 saturated heterocycles. The van der Waals surface area contributed by atoms with Crippen molar-refractivity contribution in [1.82, 2.24) is 5.16 Å². The molecule has 0 bridgehead atoms. The monoisotopic (exact) mass is 437 g/mol. The van der Waals surface area contributed by atoms with Crippen molar-refractivity contribution in [1.29, 1.82) is 0 Å². The van der Waals surface area contributed by atoms with E-state index in [-0.39, 0.29) is 12.4 Å². The number of nitrogens with zero attached hydrogens (tertiary/aromatic N) is 1. The van der Waals surface area contributed by atoms with Gasteiger partial charge in [0.25, 0.3) is 0 Å². The van der Waals surface area contributed by atoms with Crippen molar-refractivity contribution in [3.8, 4) is 17.2 Å². The normalized spacial score (nSPS) is 10.8. The number of esters is 2. The Labute approximate surface area is 185 Å². The first kappa shape index (κ1) is 22.6. The zero-order valence-electron chi connectivity index (χ0n) is 18.2. The molecule has 0 N–H and O–H groups in total. The lowest BCUT2D eigenvalue weighted by atomic mass is 10.2. The molecule has 166 valence electrons. The summed E-state index contributed by atoms with van der Waals surface area (Å²) in [6.07, 6.45) is 2.86. The average Bonchev–Trinajstić information content (AvgIpc) is 3.13. The summed E-state index contributed by atoms with van der Waals surface area (Å²) in [5.74, 6) is 0.746. The molecule has 0 aliphatic heterocycles. The van der Waals surface area contributed by atoms with Crippen molar-refractivity contribution in [3.63, 3.8) is 0 Å². The van der Waals surface area contributed by atoms with Gasteiger partial charge in [0.15, 0.2) is 11.5 Å². The number of rotatable bonds is 8. The minimum absolute atomic E-state index is 0.245. The van der Waals surface area contributed by atoms with Gasteiger partial charge in [-0.1, -0.05) is 17.3 Å².